The average molecular weight is 318 g/mol. The molecule has 0 fully saturated rings. The van der Waals surface area contributed by atoms with Crippen molar-refractivity contribution in [3.63, 3.8) is 0 Å². The van der Waals surface area contributed by atoms with Crippen LogP contribution in [-0.2, 0) is 14.3 Å². The first-order valence-corrected chi connectivity index (χ1v) is 8.98. The van der Waals surface area contributed by atoms with E-state index in [4.69, 9.17) is 4.18 Å². The van der Waals surface area contributed by atoms with Gasteiger partial charge in [0.25, 0.3) is 10.1 Å². The lowest BCUT2D eigenvalue weighted by molar-refractivity contribution is 0.199. The summed E-state index contributed by atoms with van der Waals surface area (Å²) in [5, 5.41) is 0. The number of hydrogen-bond donors (Lipinski definition) is 0. The van der Waals surface area contributed by atoms with Gasteiger partial charge in [-0.1, -0.05) is 67.8 Å². The molecule has 0 aromatic heterocycles. The number of rotatable bonds is 7. The first-order valence-electron chi connectivity index (χ1n) is 7.58. The largest absolute Gasteiger partial charge is 0.297 e. The third-order valence-corrected chi connectivity index (χ3v) is 4.88. The van der Waals surface area contributed by atoms with E-state index >= 15 is 0 Å². The van der Waals surface area contributed by atoms with Crippen molar-refractivity contribution in [3.8, 4) is 0 Å². The molecule has 1 unspecified atom stereocenters. The summed E-state index contributed by atoms with van der Waals surface area (Å²) in [5.41, 5.74) is 1.91. The van der Waals surface area contributed by atoms with Crippen molar-refractivity contribution in [2.75, 3.05) is 0 Å². The predicted octanol–water partition coefficient (Wildman–Crippen LogP) is 4.63. The molecule has 118 valence electrons. The number of aryl methyl sites for hydroxylation is 1. The van der Waals surface area contributed by atoms with Crippen LogP contribution in [0.4, 0.5) is 0 Å². The summed E-state index contributed by atoms with van der Waals surface area (Å²) >= 11 is 0. The van der Waals surface area contributed by atoms with Gasteiger partial charge < -0.3 is 0 Å². The van der Waals surface area contributed by atoms with Gasteiger partial charge in [0.1, 0.15) is 6.10 Å². The van der Waals surface area contributed by atoms with E-state index in [1.807, 2.05) is 37.3 Å². The predicted molar refractivity (Wildman–Crippen MR) is 88.2 cm³/mol. The second-order valence-electron chi connectivity index (χ2n) is 5.40. The van der Waals surface area contributed by atoms with E-state index in [9.17, 15) is 8.42 Å². The molecule has 0 aliphatic heterocycles. The highest BCUT2D eigenvalue weighted by molar-refractivity contribution is 7.86. The van der Waals surface area contributed by atoms with E-state index in [1.54, 1.807) is 24.3 Å². The van der Waals surface area contributed by atoms with Crippen LogP contribution >= 0.6 is 0 Å². The van der Waals surface area contributed by atoms with Crippen LogP contribution in [0.2, 0.25) is 0 Å². The van der Waals surface area contributed by atoms with E-state index in [2.05, 4.69) is 6.92 Å². The number of hydrogen-bond acceptors (Lipinski definition) is 3. The third-order valence-electron chi connectivity index (χ3n) is 3.54. The van der Waals surface area contributed by atoms with Crippen LogP contribution in [0.5, 0.6) is 0 Å². The SMILES string of the molecule is CCCCC(OS(=O)(=O)c1ccc(C)cc1)c1ccccc1. The Morgan fingerprint density at radius 3 is 2.23 bits per heavy atom. The van der Waals surface area contributed by atoms with Crippen LogP contribution in [0.15, 0.2) is 59.5 Å². The minimum absolute atomic E-state index is 0.204. The zero-order chi connectivity index (χ0) is 16.0. The highest BCUT2D eigenvalue weighted by atomic mass is 32.2. The van der Waals surface area contributed by atoms with E-state index in [-0.39, 0.29) is 4.90 Å². The molecule has 0 spiro atoms. The topological polar surface area (TPSA) is 43.4 Å². The van der Waals surface area contributed by atoms with Crippen molar-refractivity contribution in [1.29, 1.82) is 0 Å². The van der Waals surface area contributed by atoms with Crippen LogP contribution < -0.4 is 0 Å². The second kappa shape index (κ2) is 7.56. The quantitative estimate of drug-likeness (QED) is 0.699. The average Bonchev–Trinajstić information content (AvgIpc) is 2.52. The molecule has 3 nitrogen and oxygen atoms in total. The van der Waals surface area contributed by atoms with Crippen molar-refractivity contribution < 1.29 is 12.6 Å². The Morgan fingerprint density at radius 1 is 1.00 bits per heavy atom. The molecular formula is C18H22O3S. The fourth-order valence-corrected chi connectivity index (χ4v) is 3.33. The lowest BCUT2D eigenvalue weighted by Crippen LogP contribution is -2.12. The summed E-state index contributed by atoms with van der Waals surface area (Å²) in [6.07, 6.45) is 2.17. The Hall–Kier alpha value is -1.65. The van der Waals surface area contributed by atoms with Crippen LogP contribution in [0.1, 0.15) is 43.4 Å². The molecule has 22 heavy (non-hydrogen) atoms. The molecule has 0 heterocycles. The molecule has 0 amide bonds. The molecule has 0 saturated heterocycles. The van der Waals surface area contributed by atoms with Gasteiger partial charge in [0.05, 0.1) is 4.90 Å². The summed E-state index contributed by atoms with van der Waals surface area (Å²) in [7, 11) is -3.75. The lowest BCUT2D eigenvalue weighted by atomic mass is 10.0. The Kier molecular flexibility index (Phi) is 5.75. The molecule has 0 aliphatic rings. The minimum Gasteiger partial charge on any atom is -0.258 e. The molecule has 0 aliphatic carbocycles. The first kappa shape index (κ1) is 16.7. The van der Waals surface area contributed by atoms with Crippen LogP contribution in [0.25, 0.3) is 0 Å². The van der Waals surface area contributed by atoms with Gasteiger partial charge in [-0.05, 0) is 31.0 Å². The maximum absolute atomic E-state index is 12.5. The monoisotopic (exact) mass is 318 g/mol. The molecule has 0 N–H and O–H groups in total. The zero-order valence-electron chi connectivity index (χ0n) is 13.0. The van der Waals surface area contributed by atoms with Gasteiger partial charge in [0, 0.05) is 0 Å². The normalized spacial score (nSPS) is 13.0. The fourth-order valence-electron chi connectivity index (χ4n) is 2.24. The zero-order valence-corrected chi connectivity index (χ0v) is 13.8. The standard InChI is InChI=1S/C18H22O3S/c1-3-4-10-18(16-8-6-5-7-9-16)21-22(19,20)17-13-11-15(2)12-14-17/h5-9,11-14,18H,3-4,10H2,1-2H3. The van der Waals surface area contributed by atoms with Gasteiger partial charge in [0.15, 0.2) is 0 Å². The molecular weight excluding hydrogens is 296 g/mol. The Balaban J connectivity index is 2.24. The highest BCUT2D eigenvalue weighted by Gasteiger charge is 2.22. The molecule has 4 heteroatoms. The summed E-state index contributed by atoms with van der Waals surface area (Å²) in [4.78, 5) is 0.204. The summed E-state index contributed by atoms with van der Waals surface area (Å²) in [5.74, 6) is 0. The van der Waals surface area contributed by atoms with Crippen LogP contribution in [0.3, 0.4) is 0 Å². The summed E-state index contributed by atoms with van der Waals surface area (Å²) in [6, 6.07) is 16.3. The van der Waals surface area contributed by atoms with Gasteiger partial charge in [-0.25, -0.2) is 0 Å². The lowest BCUT2D eigenvalue weighted by Gasteiger charge is -2.18. The fraction of sp³-hybridized carbons (Fsp3) is 0.333. The van der Waals surface area contributed by atoms with E-state index < -0.39 is 16.2 Å². The Labute approximate surface area is 133 Å². The van der Waals surface area contributed by atoms with E-state index in [0.717, 1.165) is 24.0 Å². The summed E-state index contributed by atoms with van der Waals surface area (Å²) < 4.78 is 30.5. The van der Waals surface area contributed by atoms with Crippen LogP contribution in [0, 0.1) is 6.92 Å². The van der Waals surface area contributed by atoms with Crippen LogP contribution in [-0.4, -0.2) is 8.42 Å². The van der Waals surface area contributed by atoms with Gasteiger partial charge in [0.2, 0.25) is 0 Å². The minimum atomic E-state index is -3.75. The van der Waals surface area contributed by atoms with Gasteiger partial charge in [-0.2, -0.15) is 8.42 Å². The molecule has 1 atom stereocenters. The van der Waals surface area contributed by atoms with Crippen molar-refractivity contribution in [1.82, 2.24) is 0 Å². The van der Waals surface area contributed by atoms with Gasteiger partial charge >= 0.3 is 0 Å². The van der Waals surface area contributed by atoms with E-state index in [1.165, 1.54) is 0 Å². The van der Waals surface area contributed by atoms with Crippen molar-refractivity contribution in [2.45, 2.75) is 44.1 Å². The Morgan fingerprint density at radius 2 is 1.64 bits per heavy atom. The maximum atomic E-state index is 12.5. The van der Waals surface area contributed by atoms with E-state index in [0.29, 0.717) is 6.42 Å². The van der Waals surface area contributed by atoms with Crippen molar-refractivity contribution >= 4 is 10.1 Å². The smallest absolute Gasteiger partial charge is 0.258 e. The Bertz CT molecular complexity index is 676. The molecule has 0 radical (unpaired) electrons. The molecule has 2 aromatic carbocycles. The van der Waals surface area contributed by atoms with Gasteiger partial charge in [-0.15, -0.1) is 0 Å². The molecule has 2 aromatic rings. The van der Waals surface area contributed by atoms with Crippen molar-refractivity contribution in [3.05, 3.63) is 65.7 Å². The third kappa shape index (κ3) is 4.42. The maximum Gasteiger partial charge on any atom is 0.297 e. The first-order chi connectivity index (χ1) is 10.5. The molecule has 0 bridgehead atoms. The molecule has 2 rings (SSSR count). The summed E-state index contributed by atoms with van der Waals surface area (Å²) in [6.45, 7) is 4.00. The number of benzene rings is 2. The highest BCUT2D eigenvalue weighted by Crippen LogP contribution is 2.28. The molecule has 0 saturated carbocycles. The van der Waals surface area contributed by atoms with Crippen molar-refractivity contribution in [2.24, 2.45) is 0 Å². The second-order valence-corrected chi connectivity index (χ2v) is 6.98. The number of unbranched alkanes of at least 4 members (excludes halogenated alkanes) is 1. The van der Waals surface area contributed by atoms with Gasteiger partial charge in [-0.3, -0.25) is 4.18 Å².